The van der Waals surface area contributed by atoms with Crippen molar-refractivity contribution in [2.75, 3.05) is 0 Å². The first-order chi connectivity index (χ1) is 8.58. The van der Waals surface area contributed by atoms with E-state index in [9.17, 15) is 9.18 Å². The largest absolute Gasteiger partial charge is 0.477 e. The molecule has 5 heteroatoms. The number of aromatic carboxylic acids is 1. The zero-order chi connectivity index (χ0) is 12.9. The van der Waals surface area contributed by atoms with Gasteiger partial charge in [-0.25, -0.2) is 9.18 Å². The van der Waals surface area contributed by atoms with Gasteiger partial charge in [-0.15, -0.1) is 11.3 Å². The molecule has 0 bridgehead atoms. The van der Waals surface area contributed by atoms with Crippen molar-refractivity contribution in [3.05, 3.63) is 45.0 Å². The molecule has 0 spiro atoms. The van der Waals surface area contributed by atoms with Crippen LogP contribution in [-0.4, -0.2) is 11.1 Å². The summed E-state index contributed by atoms with van der Waals surface area (Å²) in [6.07, 6.45) is 1.35. The Balaban J connectivity index is 2.23. The van der Waals surface area contributed by atoms with Crippen molar-refractivity contribution < 1.29 is 14.3 Å². The number of fused-ring (bicyclic) bond motifs is 3. The lowest BCUT2D eigenvalue weighted by molar-refractivity contribution is 0.0702. The number of hydrogen-bond donors (Lipinski definition) is 1. The third-order valence-electron chi connectivity index (χ3n) is 3.10. The Hall–Kier alpha value is -1.39. The molecule has 0 aliphatic heterocycles. The molecule has 0 fully saturated rings. The molecule has 0 saturated carbocycles. The minimum Gasteiger partial charge on any atom is -0.477 e. The summed E-state index contributed by atoms with van der Waals surface area (Å²) >= 11 is 7.18. The van der Waals surface area contributed by atoms with Gasteiger partial charge in [0.05, 0.1) is 5.02 Å². The fraction of sp³-hybridized carbons (Fsp3) is 0.154. The molecule has 1 aliphatic rings. The summed E-state index contributed by atoms with van der Waals surface area (Å²) < 4.78 is 13.4. The molecule has 0 unspecified atom stereocenters. The highest BCUT2D eigenvalue weighted by Gasteiger charge is 2.24. The average molecular weight is 283 g/mol. The van der Waals surface area contributed by atoms with Crippen molar-refractivity contribution in [2.24, 2.45) is 0 Å². The third kappa shape index (κ3) is 1.64. The molecule has 1 aromatic heterocycles. The molecule has 0 radical (unpaired) electrons. The summed E-state index contributed by atoms with van der Waals surface area (Å²) in [5.41, 5.74) is 2.65. The van der Waals surface area contributed by atoms with E-state index in [1.54, 1.807) is 12.1 Å². The molecular weight excluding hydrogens is 275 g/mol. The van der Waals surface area contributed by atoms with Crippen molar-refractivity contribution >= 4 is 28.9 Å². The Morgan fingerprint density at radius 3 is 2.89 bits per heavy atom. The normalized spacial score (nSPS) is 13.0. The maximum absolute atomic E-state index is 13.4. The first-order valence-corrected chi connectivity index (χ1v) is 6.60. The van der Waals surface area contributed by atoms with E-state index >= 15 is 0 Å². The molecule has 1 aromatic carbocycles. The van der Waals surface area contributed by atoms with Gasteiger partial charge in [-0.2, -0.15) is 0 Å². The van der Waals surface area contributed by atoms with Gasteiger partial charge in [-0.1, -0.05) is 17.7 Å². The van der Waals surface area contributed by atoms with Crippen molar-refractivity contribution in [1.82, 2.24) is 0 Å². The number of aryl methyl sites for hydroxylation is 1. The second kappa shape index (κ2) is 4.07. The Kier molecular flexibility index (Phi) is 2.64. The first kappa shape index (κ1) is 11.7. The molecule has 1 aliphatic carbocycles. The molecule has 2 nitrogen and oxygen atoms in total. The van der Waals surface area contributed by atoms with Gasteiger partial charge in [0.1, 0.15) is 10.7 Å². The zero-order valence-electron chi connectivity index (χ0n) is 9.17. The van der Waals surface area contributed by atoms with Crippen LogP contribution in [0.3, 0.4) is 0 Å². The molecule has 18 heavy (non-hydrogen) atoms. The van der Waals surface area contributed by atoms with E-state index in [4.69, 9.17) is 16.7 Å². The van der Waals surface area contributed by atoms with Gasteiger partial charge < -0.3 is 5.11 Å². The highest BCUT2D eigenvalue weighted by Crippen LogP contribution is 2.42. The second-order valence-corrected chi connectivity index (χ2v) is 5.59. The highest BCUT2D eigenvalue weighted by molar-refractivity contribution is 7.17. The summed E-state index contributed by atoms with van der Waals surface area (Å²) in [6, 6.07) is 4.70. The van der Waals surface area contributed by atoms with Gasteiger partial charge in [-0.3, -0.25) is 0 Å². The lowest BCUT2D eigenvalue weighted by atomic mass is 9.91. The maximum Gasteiger partial charge on any atom is 0.345 e. The fourth-order valence-electron chi connectivity index (χ4n) is 2.26. The SMILES string of the molecule is O=C(O)c1cc2c(s1)-c1ccc(F)c(Cl)c1CC2. The van der Waals surface area contributed by atoms with E-state index in [-0.39, 0.29) is 5.02 Å². The van der Waals surface area contributed by atoms with Crippen LogP contribution in [-0.2, 0) is 12.8 Å². The molecule has 92 valence electrons. The number of benzene rings is 1. The van der Waals surface area contributed by atoms with Crippen LogP contribution in [0.2, 0.25) is 5.02 Å². The van der Waals surface area contributed by atoms with E-state index in [1.165, 1.54) is 17.4 Å². The van der Waals surface area contributed by atoms with Gasteiger partial charge in [0.25, 0.3) is 0 Å². The molecule has 1 N–H and O–H groups in total. The van der Waals surface area contributed by atoms with Gasteiger partial charge in [0.15, 0.2) is 0 Å². The number of carbonyl (C=O) groups is 1. The number of carboxylic acid groups (broad SMARTS) is 1. The number of rotatable bonds is 1. The predicted molar refractivity (Wildman–Crippen MR) is 69.1 cm³/mol. The summed E-state index contributed by atoms with van der Waals surface area (Å²) in [5.74, 6) is -1.35. The lowest BCUT2D eigenvalue weighted by Crippen LogP contribution is -2.03. The molecule has 1 heterocycles. The van der Waals surface area contributed by atoms with Gasteiger partial charge in [0.2, 0.25) is 0 Å². The van der Waals surface area contributed by atoms with Crippen molar-refractivity contribution in [3.8, 4) is 10.4 Å². The zero-order valence-corrected chi connectivity index (χ0v) is 10.7. The van der Waals surface area contributed by atoms with Crippen molar-refractivity contribution in [1.29, 1.82) is 0 Å². The van der Waals surface area contributed by atoms with Crippen LogP contribution in [0.4, 0.5) is 4.39 Å². The summed E-state index contributed by atoms with van der Waals surface area (Å²) in [7, 11) is 0. The van der Waals surface area contributed by atoms with E-state index in [0.717, 1.165) is 21.6 Å². The van der Waals surface area contributed by atoms with E-state index < -0.39 is 11.8 Å². The van der Waals surface area contributed by atoms with E-state index in [2.05, 4.69) is 0 Å². The minimum atomic E-state index is -0.927. The average Bonchev–Trinajstić information content (AvgIpc) is 2.77. The quantitative estimate of drug-likeness (QED) is 0.858. The lowest BCUT2D eigenvalue weighted by Gasteiger charge is -2.17. The number of halogens is 2. The van der Waals surface area contributed by atoms with Gasteiger partial charge in [0, 0.05) is 4.88 Å². The molecule has 0 saturated heterocycles. The van der Waals surface area contributed by atoms with Gasteiger partial charge >= 0.3 is 5.97 Å². The van der Waals surface area contributed by atoms with Crippen molar-refractivity contribution in [3.63, 3.8) is 0 Å². The standard InChI is InChI=1S/C13H8ClFO2S/c14-11-7-2-1-6-5-10(13(16)17)18-12(6)8(7)3-4-9(11)15/h3-5H,1-2H2,(H,16,17). The van der Waals surface area contributed by atoms with Crippen LogP contribution in [0.25, 0.3) is 10.4 Å². The minimum absolute atomic E-state index is 0.156. The van der Waals surface area contributed by atoms with Crippen LogP contribution in [0.5, 0.6) is 0 Å². The smallest absolute Gasteiger partial charge is 0.345 e. The summed E-state index contributed by atoms with van der Waals surface area (Å²) in [6.45, 7) is 0. The number of carboxylic acids is 1. The van der Waals surface area contributed by atoms with Crippen LogP contribution in [0, 0.1) is 5.82 Å². The van der Waals surface area contributed by atoms with Crippen LogP contribution in [0.1, 0.15) is 20.8 Å². The van der Waals surface area contributed by atoms with Crippen LogP contribution < -0.4 is 0 Å². The third-order valence-corrected chi connectivity index (χ3v) is 4.71. The fourth-order valence-corrected chi connectivity index (χ4v) is 3.62. The number of hydrogen-bond acceptors (Lipinski definition) is 2. The Morgan fingerprint density at radius 1 is 1.39 bits per heavy atom. The highest BCUT2D eigenvalue weighted by atomic mass is 35.5. The topological polar surface area (TPSA) is 37.3 Å². The van der Waals surface area contributed by atoms with Crippen LogP contribution in [0.15, 0.2) is 18.2 Å². The second-order valence-electron chi connectivity index (χ2n) is 4.16. The Morgan fingerprint density at radius 2 is 2.17 bits per heavy atom. The van der Waals surface area contributed by atoms with Gasteiger partial charge in [-0.05, 0) is 41.7 Å². The predicted octanol–water partition coefficient (Wildman–Crippen LogP) is 4.00. The monoisotopic (exact) mass is 282 g/mol. The molecule has 0 amide bonds. The van der Waals surface area contributed by atoms with E-state index in [1.807, 2.05) is 0 Å². The van der Waals surface area contributed by atoms with Crippen molar-refractivity contribution in [2.45, 2.75) is 12.8 Å². The summed E-state index contributed by atoms with van der Waals surface area (Å²) in [4.78, 5) is 12.2. The molecule has 3 rings (SSSR count). The molecular formula is C13H8ClFO2S. The first-order valence-electron chi connectivity index (χ1n) is 5.41. The number of thiophene rings is 1. The molecule has 0 atom stereocenters. The van der Waals surface area contributed by atoms with E-state index in [0.29, 0.717) is 17.7 Å². The maximum atomic E-state index is 13.4. The summed E-state index contributed by atoms with van der Waals surface area (Å²) in [5, 5.41) is 9.16. The Bertz CT molecular complexity index is 663. The Labute approximate surface area is 112 Å². The van der Waals surface area contributed by atoms with Crippen LogP contribution >= 0.6 is 22.9 Å². The molecule has 2 aromatic rings.